The van der Waals surface area contributed by atoms with E-state index in [0.717, 1.165) is 35.6 Å². The summed E-state index contributed by atoms with van der Waals surface area (Å²) in [5.41, 5.74) is 4.62. The molecule has 8 nitrogen and oxygen atoms in total. The Bertz CT molecular complexity index is 1090. The third-order valence-corrected chi connectivity index (χ3v) is 5.46. The number of benzene rings is 1. The minimum Gasteiger partial charge on any atom is -0.325 e. The van der Waals surface area contributed by atoms with Crippen molar-refractivity contribution in [1.82, 2.24) is 24.6 Å². The first-order valence-electron chi connectivity index (χ1n) is 10.5. The SMILES string of the molecule is Cc1cnc(C(=O)N2CCCC[C@@H]2C(=O)Nc2ccc(-n3nc(C)cc3C)cc2)cn1. The largest absolute Gasteiger partial charge is 0.325 e. The van der Waals surface area contributed by atoms with Gasteiger partial charge in [0.1, 0.15) is 11.7 Å². The first-order chi connectivity index (χ1) is 14.9. The number of hydrogen-bond donors (Lipinski definition) is 1. The number of carbonyl (C=O) groups excluding carboxylic acids is 2. The van der Waals surface area contributed by atoms with Crippen LogP contribution in [0.1, 0.15) is 46.8 Å². The van der Waals surface area contributed by atoms with Crippen molar-refractivity contribution in [2.75, 3.05) is 11.9 Å². The monoisotopic (exact) mass is 418 g/mol. The van der Waals surface area contributed by atoms with Crippen molar-refractivity contribution in [2.45, 2.75) is 46.1 Å². The van der Waals surface area contributed by atoms with Gasteiger partial charge in [-0.3, -0.25) is 14.6 Å². The average Bonchev–Trinajstić information content (AvgIpc) is 3.12. The van der Waals surface area contributed by atoms with E-state index in [1.165, 1.54) is 6.20 Å². The van der Waals surface area contributed by atoms with Crippen molar-refractivity contribution < 1.29 is 9.59 Å². The average molecular weight is 419 g/mol. The maximum Gasteiger partial charge on any atom is 0.274 e. The van der Waals surface area contributed by atoms with Crippen molar-refractivity contribution in [3.63, 3.8) is 0 Å². The molecule has 1 saturated heterocycles. The molecule has 3 aromatic rings. The number of anilines is 1. The van der Waals surface area contributed by atoms with Crippen LogP contribution in [0.15, 0.2) is 42.7 Å². The van der Waals surface area contributed by atoms with Crippen molar-refractivity contribution in [3.05, 3.63) is 65.5 Å². The van der Waals surface area contributed by atoms with E-state index < -0.39 is 6.04 Å². The van der Waals surface area contributed by atoms with Gasteiger partial charge in [-0.05, 0) is 70.4 Å². The second kappa shape index (κ2) is 8.67. The highest BCUT2D eigenvalue weighted by Gasteiger charge is 2.33. The first kappa shape index (κ1) is 20.7. The molecule has 160 valence electrons. The number of hydrogen-bond acceptors (Lipinski definition) is 5. The molecule has 0 aliphatic carbocycles. The summed E-state index contributed by atoms with van der Waals surface area (Å²) in [5.74, 6) is -0.445. The van der Waals surface area contributed by atoms with Gasteiger partial charge in [0, 0.05) is 24.1 Å². The zero-order valence-corrected chi connectivity index (χ0v) is 18.0. The van der Waals surface area contributed by atoms with Gasteiger partial charge in [-0.1, -0.05) is 0 Å². The molecule has 4 rings (SSSR count). The second-order valence-electron chi connectivity index (χ2n) is 7.93. The van der Waals surface area contributed by atoms with E-state index in [4.69, 9.17) is 0 Å². The topological polar surface area (TPSA) is 93.0 Å². The van der Waals surface area contributed by atoms with Crippen LogP contribution < -0.4 is 5.32 Å². The Morgan fingerprint density at radius 1 is 1.00 bits per heavy atom. The molecule has 0 radical (unpaired) electrons. The molecular formula is C23H26N6O2. The zero-order chi connectivity index (χ0) is 22.0. The number of rotatable bonds is 4. The number of nitrogens with one attached hydrogen (secondary N) is 1. The summed E-state index contributed by atoms with van der Waals surface area (Å²) in [7, 11) is 0. The lowest BCUT2D eigenvalue weighted by Crippen LogP contribution is -2.50. The van der Waals surface area contributed by atoms with Gasteiger partial charge in [0.15, 0.2) is 0 Å². The summed E-state index contributed by atoms with van der Waals surface area (Å²) < 4.78 is 1.87. The van der Waals surface area contributed by atoms with Crippen molar-refractivity contribution >= 4 is 17.5 Å². The quantitative estimate of drug-likeness (QED) is 0.702. The van der Waals surface area contributed by atoms with Crippen LogP contribution >= 0.6 is 0 Å². The van der Waals surface area contributed by atoms with Crippen LogP contribution in [0.25, 0.3) is 5.69 Å². The molecule has 3 heterocycles. The van der Waals surface area contributed by atoms with Crippen LogP contribution in [0.4, 0.5) is 5.69 Å². The normalized spacial score (nSPS) is 16.2. The van der Waals surface area contributed by atoms with Gasteiger partial charge in [0.25, 0.3) is 5.91 Å². The smallest absolute Gasteiger partial charge is 0.274 e. The molecule has 2 aromatic heterocycles. The molecule has 1 aliphatic rings. The Balaban J connectivity index is 1.48. The van der Waals surface area contributed by atoms with Crippen LogP contribution in [0.5, 0.6) is 0 Å². The minimum atomic E-state index is -0.528. The molecule has 2 amide bonds. The van der Waals surface area contributed by atoms with E-state index in [1.54, 1.807) is 11.1 Å². The van der Waals surface area contributed by atoms with Gasteiger partial charge >= 0.3 is 0 Å². The summed E-state index contributed by atoms with van der Waals surface area (Å²) in [5, 5.41) is 7.44. The third kappa shape index (κ3) is 4.47. The summed E-state index contributed by atoms with van der Waals surface area (Å²) in [6, 6.07) is 9.03. The molecule has 8 heteroatoms. The maximum absolute atomic E-state index is 13.0. The van der Waals surface area contributed by atoms with Crippen LogP contribution in [0, 0.1) is 20.8 Å². The fourth-order valence-corrected chi connectivity index (χ4v) is 3.90. The van der Waals surface area contributed by atoms with Crippen LogP contribution in [0.3, 0.4) is 0 Å². The van der Waals surface area contributed by atoms with E-state index in [2.05, 4.69) is 20.4 Å². The molecule has 31 heavy (non-hydrogen) atoms. The summed E-state index contributed by atoms with van der Waals surface area (Å²) >= 11 is 0. The van der Waals surface area contributed by atoms with Crippen LogP contribution in [-0.2, 0) is 4.79 Å². The summed E-state index contributed by atoms with van der Waals surface area (Å²) in [6.07, 6.45) is 5.43. The number of nitrogens with zero attached hydrogens (tertiary/aromatic N) is 5. The van der Waals surface area contributed by atoms with E-state index >= 15 is 0 Å². The zero-order valence-electron chi connectivity index (χ0n) is 18.0. The molecule has 0 unspecified atom stereocenters. The second-order valence-corrected chi connectivity index (χ2v) is 7.93. The Hall–Kier alpha value is -3.55. The standard InChI is InChI=1S/C23H26N6O2/c1-15-12-17(3)29(27-15)19-9-7-18(8-10-19)26-22(30)21-6-4-5-11-28(21)23(31)20-14-24-16(2)13-25-20/h7-10,12-14,21H,4-6,11H2,1-3H3,(H,26,30)/t21-/m1/s1. The van der Waals surface area contributed by atoms with E-state index in [0.29, 0.717) is 18.7 Å². The van der Waals surface area contributed by atoms with Crippen LogP contribution in [-0.4, -0.2) is 49.0 Å². The highest BCUT2D eigenvalue weighted by molar-refractivity contribution is 6.00. The predicted octanol–water partition coefficient (Wildman–Crippen LogP) is 3.22. The van der Waals surface area contributed by atoms with Gasteiger partial charge in [-0.25, -0.2) is 9.67 Å². The number of aryl methyl sites for hydroxylation is 3. The number of carbonyl (C=O) groups is 2. The van der Waals surface area contributed by atoms with Crippen molar-refractivity contribution in [3.8, 4) is 5.69 Å². The third-order valence-electron chi connectivity index (χ3n) is 5.46. The Morgan fingerprint density at radius 3 is 2.42 bits per heavy atom. The summed E-state index contributed by atoms with van der Waals surface area (Å²) in [4.78, 5) is 35.9. The fraction of sp³-hybridized carbons (Fsp3) is 0.348. The number of likely N-dealkylation sites (tertiary alicyclic amines) is 1. The Morgan fingerprint density at radius 2 is 1.77 bits per heavy atom. The predicted molar refractivity (Wildman–Crippen MR) is 117 cm³/mol. The molecular weight excluding hydrogens is 392 g/mol. The molecule has 1 aromatic carbocycles. The van der Waals surface area contributed by atoms with Crippen molar-refractivity contribution in [1.29, 1.82) is 0 Å². The molecule has 1 aliphatic heterocycles. The number of piperidine rings is 1. The van der Waals surface area contributed by atoms with Gasteiger partial charge in [0.05, 0.1) is 23.3 Å². The molecule has 1 fully saturated rings. The van der Waals surface area contributed by atoms with Gasteiger partial charge in [-0.15, -0.1) is 0 Å². The Kier molecular flexibility index (Phi) is 5.79. The lowest BCUT2D eigenvalue weighted by molar-refractivity contribution is -0.121. The lowest BCUT2D eigenvalue weighted by Gasteiger charge is -2.34. The molecule has 0 saturated carbocycles. The lowest BCUT2D eigenvalue weighted by atomic mass is 10.0. The van der Waals surface area contributed by atoms with Gasteiger partial charge in [0.2, 0.25) is 5.91 Å². The molecule has 1 atom stereocenters. The number of aromatic nitrogens is 4. The molecule has 1 N–H and O–H groups in total. The van der Waals surface area contributed by atoms with E-state index in [-0.39, 0.29) is 17.5 Å². The maximum atomic E-state index is 13.0. The highest BCUT2D eigenvalue weighted by Crippen LogP contribution is 2.22. The molecule has 0 spiro atoms. The molecule has 0 bridgehead atoms. The first-order valence-corrected chi connectivity index (χ1v) is 10.5. The Labute approximate surface area is 181 Å². The highest BCUT2D eigenvalue weighted by atomic mass is 16.2. The van der Waals surface area contributed by atoms with Crippen LogP contribution in [0.2, 0.25) is 0 Å². The van der Waals surface area contributed by atoms with Gasteiger partial charge < -0.3 is 10.2 Å². The van der Waals surface area contributed by atoms with Gasteiger partial charge in [-0.2, -0.15) is 5.10 Å². The fourth-order valence-electron chi connectivity index (χ4n) is 3.90. The van der Waals surface area contributed by atoms with E-state index in [9.17, 15) is 9.59 Å². The minimum absolute atomic E-state index is 0.188. The van der Waals surface area contributed by atoms with Crippen molar-refractivity contribution in [2.24, 2.45) is 0 Å². The summed E-state index contributed by atoms with van der Waals surface area (Å²) in [6.45, 7) is 6.31. The number of amides is 2. The van der Waals surface area contributed by atoms with E-state index in [1.807, 2.05) is 55.8 Å².